The molecule has 2 unspecified atom stereocenters. The summed E-state index contributed by atoms with van der Waals surface area (Å²) in [5.74, 6) is -2.44. The maximum Gasteiger partial charge on any atom is 0.326 e. The van der Waals surface area contributed by atoms with E-state index in [0.29, 0.717) is 39.0 Å². The van der Waals surface area contributed by atoms with E-state index in [1.807, 2.05) is 30.3 Å². The Labute approximate surface area is 176 Å². The average Bonchev–Trinajstić information content (AvgIpc) is 3.10. The van der Waals surface area contributed by atoms with Gasteiger partial charge in [0, 0.05) is 18.6 Å². The van der Waals surface area contributed by atoms with Crippen LogP contribution in [0.4, 0.5) is 0 Å². The molecule has 0 saturated carbocycles. The maximum atomic E-state index is 13.1. The van der Waals surface area contributed by atoms with Crippen molar-refractivity contribution in [2.75, 3.05) is 19.8 Å². The zero-order valence-corrected chi connectivity index (χ0v) is 17.3. The van der Waals surface area contributed by atoms with E-state index in [4.69, 9.17) is 4.74 Å². The van der Waals surface area contributed by atoms with Gasteiger partial charge < -0.3 is 19.8 Å². The minimum absolute atomic E-state index is 0.323. The predicted molar refractivity (Wildman–Crippen MR) is 109 cm³/mol. The fraction of sp³-hybridized carbons (Fsp3) is 0.591. The molecule has 164 valence electrons. The summed E-state index contributed by atoms with van der Waals surface area (Å²) in [7, 11) is 0. The number of nitrogens with one attached hydrogen (secondary N) is 1. The summed E-state index contributed by atoms with van der Waals surface area (Å²) < 4.78 is 5.57. The van der Waals surface area contributed by atoms with Gasteiger partial charge in [-0.15, -0.1) is 0 Å². The number of rotatable bonds is 8. The van der Waals surface area contributed by atoms with Gasteiger partial charge in [0.1, 0.15) is 12.1 Å². The topological polar surface area (TPSA) is 116 Å². The summed E-state index contributed by atoms with van der Waals surface area (Å²) in [4.78, 5) is 38.0. The van der Waals surface area contributed by atoms with E-state index in [1.165, 1.54) is 4.90 Å². The van der Waals surface area contributed by atoms with Gasteiger partial charge in [0.15, 0.2) is 0 Å². The highest BCUT2D eigenvalue weighted by Crippen LogP contribution is 2.41. The first-order valence-corrected chi connectivity index (χ1v) is 10.5. The predicted octanol–water partition coefficient (Wildman–Crippen LogP) is 1.53. The monoisotopic (exact) mass is 418 g/mol. The Morgan fingerprint density at radius 1 is 1.27 bits per heavy atom. The molecule has 0 bridgehead atoms. The van der Waals surface area contributed by atoms with E-state index >= 15 is 0 Å². The summed E-state index contributed by atoms with van der Waals surface area (Å²) in [5.41, 5.74) is 0.699. The summed E-state index contributed by atoms with van der Waals surface area (Å²) in [5, 5.41) is 22.1. The molecule has 1 spiro atoms. The highest BCUT2D eigenvalue weighted by Gasteiger charge is 2.50. The SMILES string of the molecule is C[C@H](NC(CCc1ccccc1)C(=O)O)C(=O)N1CC2(CCCOC2)C[C@H]1C(=O)O. The molecule has 0 radical (unpaired) electrons. The van der Waals surface area contributed by atoms with Crippen LogP contribution in [-0.2, 0) is 25.5 Å². The van der Waals surface area contributed by atoms with Crippen molar-refractivity contribution in [3.05, 3.63) is 35.9 Å². The fourth-order valence-electron chi connectivity index (χ4n) is 4.56. The van der Waals surface area contributed by atoms with Gasteiger partial charge in [0.25, 0.3) is 0 Å². The van der Waals surface area contributed by atoms with Crippen molar-refractivity contribution < 1.29 is 29.3 Å². The smallest absolute Gasteiger partial charge is 0.326 e. The van der Waals surface area contributed by atoms with Crippen LogP contribution in [0.25, 0.3) is 0 Å². The quantitative estimate of drug-likeness (QED) is 0.586. The van der Waals surface area contributed by atoms with E-state index in [9.17, 15) is 24.6 Å². The molecule has 2 saturated heterocycles. The molecule has 0 aromatic heterocycles. The van der Waals surface area contributed by atoms with Crippen molar-refractivity contribution in [2.24, 2.45) is 5.41 Å². The molecule has 8 heteroatoms. The normalized spacial score (nSPS) is 25.8. The molecule has 8 nitrogen and oxygen atoms in total. The molecule has 30 heavy (non-hydrogen) atoms. The number of ether oxygens (including phenoxy) is 1. The Balaban J connectivity index is 1.64. The van der Waals surface area contributed by atoms with Crippen molar-refractivity contribution in [3.63, 3.8) is 0 Å². The number of aryl methyl sites for hydroxylation is 1. The third kappa shape index (κ3) is 5.17. The maximum absolute atomic E-state index is 13.1. The molecule has 2 aliphatic rings. The largest absolute Gasteiger partial charge is 0.480 e. The van der Waals surface area contributed by atoms with Crippen LogP contribution in [0.3, 0.4) is 0 Å². The van der Waals surface area contributed by atoms with Gasteiger partial charge in [-0.1, -0.05) is 30.3 Å². The number of likely N-dealkylation sites (tertiary alicyclic amines) is 1. The average molecular weight is 418 g/mol. The lowest BCUT2D eigenvalue weighted by Crippen LogP contribution is -2.53. The van der Waals surface area contributed by atoms with Crippen LogP contribution < -0.4 is 5.32 Å². The Morgan fingerprint density at radius 3 is 2.60 bits per heavy atom. The Hall–Kier alpha value is -2.45. The van der Waals surface area contributed by atoms with Gasteiger partial charge in [0.05, 0.1) is 12.6 Å². The number of aliphatic carboxylic acids is 2. The van der Waals surface area contributed by atoms with Crippen LogP contribution in [0, 0.1) is 5.41 Å². The first kappa shape index (κ1) is 22.2. The number of amides is 1. The third-order valence-electron chi connectivity index (χ3n) is 6.16. The van der Waals surface area contributed by atoms with Gasteiger partial charge in [0.2, 0.25) is 5.91 Å². The summed E-state index contributed by atoms with van der Waals surface area (Å²) in [6, 6.07) is 6.95. The van der Waals surface area contributed by atoms with Gasteiger partial charge in [-0.05, 0) is 44.6 Å². The third-order valence-corrected chi connectivity index (χ3v) is 6.16. The second-order valence-electron chi connectivity index (χ2n) is 8.48. The fourth-order valence-corrected chi connectivity index (χ4v) is 4.56. The minimum Gasteiger partial charge on any atom is -0.480 e. The first-order valence-electron chi connectivity index (χ1n) is 10.5. The Kier molecular flexibility index (Phi) is 7.10. The first-order chi connectivity index (χ1) is 14.3. The molecule has 1 aromatic carbocycles. The number of carboxylic acid groups (broad SMARTS) is 2. The standard InChI is InChI=1S/C22H30N2O6/c1-15(23-17(20(26)27)9-8-16-6-3-2-4-7-16)19(25)24-13-22(10-5-11-30-14-22)12-18(24)21(28)29/h2-4,6-7,15,17-18,23H,5,8-14H2,1H3,(H,26,27)(H,28,29)/t15-,17?,18-,22?/m0/s1. The lowest BCUT2D eigenvalue weighted by Gasteiger charge is -2.33. The van der Waals surface area contributed by atoms with Gasteiger partial charge >= 0.3 is 11.9 Å². The van der Waals surface area contributed by atoms with Crippen LogP contribution in [0.1, 0.15) is 38.2 Å². The molecule has 2 heterocycles. The zero-order valence-electron chi connectivity index (χ0n) is 17.3. The Morgan fingerprint density at radius 2 is 2.00 bits per heavy atom. The number of hydrogen-bond donors (Lipinski definition) is 3. The number of carbonyl (C=O) groups excluding carboxylic acids is 1. The van der Waals surface area contributed by atoms with E-state index in [-0.39, 0.29) is 11.3 Å². The molecule has 1 aromatic rings. The van der Waals surface area contributed by atoms with Gasteiger partial charge in [-0.3, -0.25) is 14.9 Å². The van der Waals surface area contributed by atoms with Gasteiger partial charge in [-0.2, -0.15) is 0 Å². The second kappa shape index (κ2) is 9.57. The number of benzene rings is 1. The van der Waals surface area contributed by atoms with Crippen LogP contribution >= 0.6 is 0 Å². The summed E-state index contributed by atoms with van der Waals surface area (Å²) in [6.45, 7) is 3.04. The van der Waals surface area contributed by atoms with E-state index in [2.05, 4.69) is 5.32 Å². The molecular weight excluding hydrogens is 388 g/mol. The van der Waals surface area contributed by atoms with Crippen molar-refractivity contribution in [3.8, 4) is 0 Å². The van der Waals surface area contributed by atoms with Crippen molar-refractivity contribution in [1.82, 2.24) is 10.2 Å². The lowest BCUT2D eigenvalue weighted by atomic mass is 9.80. The van der Waals surface area contributed by atoms with E-state index in [0.717, 1.165) is 18.4 Å². The highest BCUT2D eigenvalue weighted by molar-refractivity contribution is 5.88. The summed E-state index contributed by atoms with van der Waals surface area (Å²) >= 11 is 0. The Bertz CT molecular complexity index is 762. The number of nitrogens with zero attached hydrogens (tertiary/aromatic N) is 1. The van der Waals surface area contributed by atoms with Gasteiger partial charge in [-0.25, -0.2) is 4.79 Å². The minimum atomic E-state index is -1.03. The van der Waals surface area contributed by atoms with Crippen LogP contribution in [0.15, 0.2) is 30.3 Å². The molecular formula is C22H30N2O6. The number of carboxylic acids is 2. The van der Waals surface area contributed by atoms with Crippen LogP contribution in [0.5, 0.6) is 0 Å². The van der Waals surface area contributed by atoms with Crippen molar-refractivity contribution in [1.29, 1.82) is 0 Å². The van der Waals surface area contributed by atoms with Crippen LogP contribution in [-0.4, -0.2) is 70.8 Å². The van der Waals surface area contributed by atoms with Crippen molar-refractivity contribution >= 4 is 17.8 Å². The lowest BCUT2D eigenvalue weighted by molar-refractivity contribution is -0.149. The van der Waals surface area contributed by atoms with Crippen molar-refractivity contribution in [2.45, 2.75) is 57.2 Å². The van der Waals surface area contributed by atoms with E-state index < -0.39 is 30.1 Å². The summed E-state index contributed by atoms with van der Waals surface area (Å²) in [6.07, 6.45) is 2.95. The van der Waals surface area contributed by atoms with Crippen LogP contribution in [0.2, 0.25) is 0 Å². The molecule has 2 fully saturated rings. The zero-order chi connectivity index (χ0) is 21.7. The second-order valence-corrected chi connectivity index (χ2v) is 8.48. The number of hydrogen-bond acceptors (Lipinski definition) is 5. The molecule has 3 N–H and O–H groups in total. The molecule has 2 aliphatic heterocycles. The number of carbonyl (C=O) groups is 3. The molecule has 3 rings (SSSR count). The molecule has 4 atom stereocenters. The highest BCUT2D eigenvalue weighted by atomic mass is 16.5. The van der Waals surface area contributed by atoms with E-state index in [1.54, 1.807) is 6.92 Å². The molecule has 0 aliphatic carbocycles. The molecule has 1 amide bonds.